The first-order chi connectivity index (χ1) is 10.7. The molecule has 1 nitrogen and oxygen atoms in total. The van der Waals surface area contributed by atoms with Crippen LogP contribution in [0.1, 0.15) is 55.4 Å². The van der Waals surface area contributed by atoms with Crippen molar-refractivity contribution in [3.8, 4) is 0 Å². The Labute approximate surface area is 133 Å². The summed E-state index contributed by atoms with van der Waals surface area (Å²) >= 11 is 0. The Morgan fingerprint density at radius 2 is 1.41 bits per heavy atom. The Morgan fingerprint density at radius 1 is 0.909 bits per heavy atom. The van der Waals surface area contributed by atoms with Crippen molar-refractivity contribution in [2.75, 3.05) is 6.54 Å². The van der Waals surface area contributed by atoms with Gasteiger partial charge < -0.3 is 0 Å². The van der Waals surface area contributed by atoms with Gasteiger partial charge in [0.05, 0.1) is 11.1 Å². The standard InChI is InChI=1S/C21H23N/c1-3-21-18-10-6-4-8-16(18)20(2,22(21)14-15-12-13-15)17-9-5-7-11-19(17)21/h4-11,15H,3,12-14H2,1-2H3. The Bertz CT molecular complexity index is 709. The highest BCUT2D eigenvalue weighted by molar-refractivity contribution is 5.64. The van der Waals surface area contributed by atoms with Gasteiger partial charge in [-0.1, -0.05) is 55.5 Å². The highest BCUT2D eigenvalue weighted by Gasteiger charge is 2.63. The van der Waals surface area contributed by atoms with Gasteiger partial charge in [0.1, 0.15) is 0 Å². The molecule has 0 saturated heterocycles. The van der Waals surface area contributed by atoms with Crippen molar-refractivity contribution in [1.29, 1.82) is 0 Å². The van der Waals surface area contributed by atoms with Crippen LogP contribution in [0, 0.1) is 5.92 Å². The summed E-state index contributed by atoms with van der Waals surface area (Å²) in [6, 6.07) is 18.3. The maximum Gasteiger partial charge on any atom is 0.0729 e. The minimum atomic E-state index is 0.0613. The van der Waals surface area contributed by atoms with E-state index in [-0.39, 0.29) is 11.1 Å². The van der Waals surface area contributed by atoms with Crippen LogP contribution < -0.4 is 0 Å². The van der Waals surface area contributed by atoms with Crippen molar-refractivity contribution < 1.29 is 0 Å². The van der Waals surface area contributed by atoms with E-state index in [1.165, 1.54) is 30.5 Å². The fourth-order valence-corrected chi connectivity index (χ4v) is 5.26. The summed E-state index contributed by atoms with van der Waals surface area (Å²) in [5.74, 6) is 0.911. The van der Waals surface area contributed by atoms with Gasteiger partial charge in [-0.05, 0) is 54.4 Å². The zero-order valence-corrected chi connectivity index (χ0v) is 13.5. The molecule has 0 unspecified atom stereocenters. The van der Waals surface area contributed by atoms with E-state index in [0.717, 1.165) is 12.3 Å². The van der Waals surface area contributed by atoms with Gasteiger partial charge in [-0.15, -0.1) is 0 Å². The fourth-order valence-electron chi connectivity index (χ4n) is 5.26. The van der Waals surface area contributed by atoms with Gasteiger partial charge in [0, 0.05) is 6.54 Å². The third-order valence-electron chi connectivity index (χ3n) is 6.44. The molecule has 1 aliphatic carbocycles. The lowest BCUT2D eigenvalue weighted by Crippen LogP contribution is -2.45. The number of rotatable bonds is 3. The summed E-state index contributed by atoms with van der Waals surface area (Å²) in [5.41, 5.74) is 6.35. The molecule has 0 spiro atoms. The van der Waals surface area contributed by atoms with Crippen LogP contribution in [0.2, 0.25) is 0 Å². The van der Waals surface area contributed by atoms with Gasteiger partial charge in [-0.3, -0.25) is 4.90 Å². The maximum atomic E-state index is 2.84. The van der Waals surface area contributed by atoms with Crippen LogP contribution in [0.5, 0.6) is 0 Å². The minimum absolute atomic E-state index is 0.0613. The second kappa shape index (κ2) is 4.02. The largest absolute Gasteiger partial charge is 0.276 e. The molecule has 1 heteroatoms. The van der Waals surface area contributed by atoms with Gasteiger partial charge >= 0.3 is 0 Å². The Morgan fingerprint density at radius 3 is 1.86 bits per heavy atom. The minimum Gasteiger partial charge on any atom is -0.276 e. The molecule has 2 aromatic rings. The van der Waals surface area contributed by atoms with E-state index in [1.54, 1.807) is 11.1 Å². The smallest absolute Gasteiger partial charge is 0.0729 e. The number of benzene rings is 2. The van der Waals surface area contributed by atoms with Crippen molar-refractivity contribution in [2.24, 2.45) is 5.92 Å². The molecule has 0 N–H and O–H groups in total. The molecule has 1 saturated carbocycles. The third-order valence-corrected chi connectivity index (χ3v) is 6.44. The van der Waals surface area contributed by atoms with E-state index in [1.807, 2.05) is 0 Å². The van der Waals surface area contributed by atoms with Gasteiger partial charge in [0.25, 0.3) is 0 Å². The Hall–Kier alpha value is -1.60. The van der Waals surface area contributed by atoms with E-state index in [0.29, 0.717) is 0 Å². The molecule has 1 fully saturated rings. The van der Waals surface area contributed by atoms with Gasteiger partial charge in [-0.2, -0.15) is 0 Å². The molecule has 0 amide bonds. The molecule has 2 bridgehead atoms. The predicted octanol–water partition coefficient (Wildman–Crippen LogP) is 4.64. The van der Waals surface area contributed by atoms with Crippen LogP contribution >= 0.6 is 0 Å². The van der Waals surface area contributed by atoms with Crippen molar-refractivity contribution >= 4 is 0 Å². The monoisotopic (exact) mass is 289 g/mol. The first-order valence-corrected chi connectivity index (χ1v) is 8.70. The number of hydrogen-bond acceptors (Lipinski definition) is 1. The number of nitrogens with zero attached hydrogens (tertiary/aromatic N) is 1. The molecule has 0 atom stereocenters. The third kappa shape index (κ3) is 1.26. The predicted molar refractivity (Wildman–Crippen MR) is 89.8 cm³/mol. The van der Waals surface area contributed by atoms with E-state index in [4.69, 9.17) is 0 Å². The van der Waals surface area contributed by atoms with E-state index >= 15 is 0 Å². The average Bonchev–Trinajstić information content (AvgIpc) is 3.32. The summed E-state index contributed by atoms with van der Waals surface area (Å²) in [6.07, 6.45) is 3.99. The van der Waals surface area contributed by atoms with Crippen LogP contribution in [0.4, 0.5) is 0 Å². The normalized spacial score (nSPS) is 32.1. The molecular weight excluding hydrogens is 266 g/mol. The van der Waals surface area contributed by atoms with Crippen LogP contribution in [0.15, 0.2) is 48.5 Å². The lowest BCUT2D eigenvalue weighted by molar-refractivity contribution is 0.0766. The highest BCUT2D eigenvalue weighted by Crippen LogP contribution is 2.64. The Balaban J connectivity index is 1.84. The molecule has 2 aliphatic heterocycles. The van der Waals surface area contributed by atoms with Crippen LogP contribution in [-0.4, -0.2) is 11.4 Å². The van der Waals surface area contributed by atoms with Gasteiger partial charge in [0.15, 0.2) is 0 Å². The summed E-state index contributed by atoms with van der Waals surface area (Å²) in [5, 5.41) is 0. The van der Waals surface area contributed by atoms with Crippen molar-refractivity contribution in [2.45, 2.75) is 44.2 Å². The van der Waals surface area contributed by atoms with Crippen LogP contribution in [0.25, 0.3) is 0 Å². The van der Waals surface area contributed by atoms with Crippen molar-refractivity contribution in [1.82, 2.24) is 4.90 Å². The quantitative estimate of drug-likeness (QED) is 0.795. The first kappa shape index (κ1) is 12.9. The molecule has 0 aromatic heterocycles. The van der Waals surface area contributed by atoms with Crippen LogP contribution in [-0.2, 0) is 11.1 Å². The fraction of sp³-hybridized carbons (Fsp3) is 0.429. The molecule has 0 radical (unpaired) electrons. The molecule has 22 heavy (non-hydrogen) atoms. The summed E-state index contributed by atoms with van der Waals surface area (Å²) in [6.45, 7) is 6.07. The molecule has 3 aliphatic rings. The van der Waals surface area contributed by atoms with E-state index < -0.39 is 0 Å². The second-order valence-electron chi connectivity index (χ2n) is 7.43. The molecule has 112 valence electrons. The lowest BCUT2D eigenvalue weighted by atomic mass is 9.72. The number of hydrogen-bond donors (Lipinski definition) is 0. The lowest BCUT2D eigenvalue weighted by Gasteiger charge is -2.38. The number of fused-ring (bicyclic) bond motifs is 8. The SMILES string of the molecule is CCC12c3ccccc3C(C)(c3ccccc31)N2CC1CC1. The summed E-state index contributed by atoms with van der Waals surface area (Å²) in [7, 11) is 0. The first-order valence-electron chi connectivity index (χ1n) is 8.70. The van der Waals surface area contributed by atoms with Crippen molar-refractivity contribution in [3.63, 3.8) is 0 Å². The van der Waals surface area contributed by atoms with Crippen molar-refractivity contribution in [3.05, 3.63) is 70.8 Å². The summed E-state index contributed by atoms with van der Waals surface area (Å²) < 4.78 is 0. The average molecular weight is 289 g/mol. The van der Waals surface area contributed by atoms with Gasteiger partial charge in [-0.25, -0.2) is 0 Å². The molecule has 2 heterocycles. The topological polar surface area (TPSA) is 3.24 Å². The molecular formula is C21H23N. The Kier molecular flexibility index (Phi) is 2.36. The second-order valence-corrected chi connectivity index (χ2v) is 7.43. The zero-order chi connectivity index (χ0) is 14.9. The van der Waals surface area contributed by atoms with Crippen LogP contribution in [0.3, 0.4) is 0 Å². The zero-order valence-electron chi connectivity index (χ0n) is 13.5. The van der Waals surface area contributed by atoms with E-state index in [2.05, 4.69) is 67.3 Å². The highest BCUT2D eigenvalue weighted by atomic mass is 15.3. The maximum absolute atomic E-state index is 2.84. The van der Waals surface area contributed by atoms with Gasteiger partial charge in [0.2, 0.25) is 0 Å². The van der Waals surface area contributed by atoms with E-state index in [9.17, 15) is 0 Å². The molecule has 5 rings (SSSR count). The molecule has 2 aromatic carbocycles. The summed E-state index contributed by atoms with van der Waals surface area (Å²) in [4.78, 5) is 2.84.